The van der Waals surface area contributed by atoms with Gasteiger partial charge in [0.25, 0.3) is 0 Å². The third-order valence-corrected chi connectivity index (χ3v) is 5.38. The highest BCUT2D eigenvalue weighted by molar-refractivity contribution is 5.61. The first-order valence-corrected chi connectivity index (χ1v) is 9.39. The fourth-order valence-corrected chi connectivity index (χ4v) is 3.85. The van der Waals surface area contributed by atoms with Gasteiger partial charge in [-0.25, -0.2) is 9.67 Å². The van der Waals surface area contributed by atoms with Gasteiger partial charge < -0.3 is 5.32 Å². The van der Waals surface area contributed by atoms with E-state index in [9.17, 15) is 0 Å². The standard InChI is InChI=1S/C21H23N5/c1-2-17-10-11-23-21(17)18(3-1)13-25(19-8-9-19)12-16-4-6-20(7-5-16)26-15-22-14-24-26/h1-7,14-15,19,23H,8-13H2. The van der Waals surface area contributed by atoms with Crippen LogP contribution in [0.4, 0.5) is 5.69 Å². The maximum Gasteiger partial charge on any atom is 0.138 e. The summed E-state index contributed by atoms with van der Waals surface area (Å²) in [5, 5.41) is 7.77. The van der Waals surface area contributed by atoms with Crippen molar-refractivity contribution in [3.63, 3.8) is 0 Å². The number of hydrogen-bond donors (Lipinski definition) is 1. The summed E-state index contributed by atoms with van der Waals surface area (Å²) in [6.07, 6.45) is 7.08. The fourth-order valence-electron chi connectivity index (χ4n) is 3.85. The predicted molar refractivity (Wildman–Crippen MR) is 102 cm³/mol. The molecule has 5 heteroatoms. The number of anilines is 1. The Morgan fingerprint density at radius 1 is 1.08 bits per heavy atom. The molecule has 0 atom stereocenters. The quantitative estimate of drug-likeness (QED) is 0.744. The summed E-state index contributed by atoms with van der Waals surface area (Å²) in [7, 11) is 0. The van der Waals surface area contributed by atoms with E-state index in [1.54, 1.807) is 17.3 Å². The monoisotopic (exact) mass is 345 g/mol. The van der Waals surface area contributed by atoms with Crippen LogP contribution in [0.3, 0.4) is 0 Å². The highest BCUT2D eigenvalue weighted by Crippen LogP contribution is 2.33. The van der Waals surface area contributed by atoms with Gasteiger partial charge in [0.05, 0.1) is 5.69 Å². The van der Waals surface area contributed by atoms with Gasteiger partial charge in [0.1, 0.15) is 12.7 Å². The van der Waals surface area contributed by atoms with Gasteiger partial charge in [-0.05, 0) is 48.1 Å². The van der Waals surface area contributed by atoms with E-state index < -0.39 is 0 Å². The molecule has 0 radical (unpaired) electrons. The Labute approximate surface area is 153 Å². The molecular formula is C21H23N5. The van der Waals surface area contributed by atoms with Crippen LogP contribution in [-0.2, 0) is 19.5 Å². The van der Waals surface area contributed by atoms with E-state index in [4.69, 9.17) is 0 Å². The number of hydrogen-bond acceptors (Lipinski definition) is 4. The van der Waals surface area contributed by atoms with Crippen LogP contribution in [0.1, 0.15) is 29.5 Å². The SMILES string of the molecule is c1cc2c(c(CN(Cc3ccc(-n4cncn4)cc3)C3CC3)c1)NCC2. The second-order valence-corrected chi connectivity index (χ2v) is 7.27. The van der Waals surface area contributed by atoms with Gasteiger partial charge in [0.15, 0.2) is 0 Å². The van der Waals surface area contributed by atoms with Crippen molar-refractivity contribution in [2.75, 3.05) is 11.9 Å². The van der Waals surface area contributed by atoms with E-state index in [0.29, 0.717) is 0 Å². The average Bonchev–Trinajstić information content (AvgIpc) is 3.17. The molecule has 1 aliphatic carbocycles. The van der Waals surface area contributed by atoms with Gasteiger partial charge in [0, 0.05) is 31.4 Å². The van der Waals surface area contributed by atoms with E-state index in [-0.39, 0.29) is 0 Å². The van der Waals surface area contributed by atoms with Crippen LogP contribution in [-0.4, -0.2) is 32.3 Å². The van der Waals surface area contributed by atoms with Gasteiger partial charge >= 0.3 is 0 Å². The van der Waals surface area contributed by atoms with Crippen molar-refractivity contribution in [2.45, 2.75) is 38.4 Å². The molecule has 3 aromatic rings. The van der Waals surface area contributed by atoms with Crippen molar-refractivity contribution in [2.24, 2.45) is 0 Å². The van der Waals surface area contributed by atoms with Crippen molar-refractivity contribution >= 4 is 5.69 Å². The van der Waals surface area contributed by atoms with E-state index in [2.05, 4.69) is 62.8 Å². The molecule has 1 aromatic heterocycles. The third kappa shape index (κ3) is 3.10. The number of rotatable bonds is 6. The van der Waals surface area contributed by atoms with Crippen LogP contribution < -0.4 is 5.32 Å². The maximum atomic E-state index is 4.19. The van der Waals surface area contributed by atoms with E-state index >= 15 is 0 Å². The Balaban J connectivity index is 1.33. The van der Waals surface area contributed by atoms with Crippen molar-refractivity contribution < 1.29 is 0 Å². The molecule has 132 valence electrons. The minimum Gasteiger partial charge on any atom is -0.384 e. The van der Waals surface area contributed by atoms with Gasteiger partial charge in [-0.15, -0.1) is 0 Å². The normalized spacial score (nSPS) is 15.9. The average molecular weight is 345 g/mol. The number of fused-ring (bicyclic) bond motifs is 1. The number of aromatic nitrogens is 3. The summed E-state index contributed by atoms with van der Waals surface area (Å²) in [6, 6.07) is 16.1. The zero-order valence-corrected chi connectivity index (χ0v) is 14.8. The number of para-hydroxylation sites is 1. The molecule has 26 heavy (non-hydrogen) atoms. The molecule has 0 amide bonds. The lowest BCUT2D eigenvalue weighted by molar-refractivity contribution is 0.246. The molecule has 0 spiro atoms. The summed E-state index contributed by atoms with van der Waals surface area (Å²) in [6.45, 7) is 3.08. The third-order valence-electron chi connectivity index (χ3n) is 5.38. The summed E-state index contributed by atoms with van der Waals surface area (Å²) < 4.78 is 1.79. The minimum atomic E-state index is 0.724. The molecule has 0 unspecified atom stereocenters. The lowest BCUT2D eigenvalue weighted by atomic mass is 10.1. The zero-order valence-electron chi connectivity index (χ0n) is 14.8. The number of benzene rings is 2. The Hall–Kier alpha value is -2.66. The minimum absolute atomic E-state index is 0.724. The van der Waals surface area contributed by atoms with Crippen LogP contribution in [0.2, 0.25) is 0 Å². The largest absolute Gasteiger partial charge is 0.384 e. The van der Waals surface area contributed by atoms with Crippen LogP contribution in [0.15, 0.2) is 55.1 Å². The van der Waals surface area contributed by atoms with Gasteiger partial charge in [-0.1, -0.05) is 30.3 Å². The maximum absolute atomic E-state index is 4.19. The van der Waals surface area contributed by atoms with E-state index in [1.807, 2.05) is 0 Å². The Kier molecular flexibility index (Phi) is 3.94. The number of nitrogens with zero attached hydrogens (tertiary/aromatic N) is 4. The molecule has 2 aromatic carbocycles. The molecular weight excluding hydrogens is 322 g/mol. The van der Waals surface area contributed by atoms with Crippen molar-refractivity contribution in [3.05, 3.63) is 71.8 Å². The molecule has 5 nitrogen and oxygen atoms in total. The van der Waals surface area contributed by atoms with Crippen molar-refractivity contribution in [1.29, 1.82) is 0 Å². The summed E-state index contributed by atoms with van der Waals surface area (Å²) in [5.74, 6) is 0. The fraction of sp³-hybridized carbons (Fsp3) is 0.333. The van der Waals surface area contributed by atoms with Gasteiger partial charge in [0.2, 0.25) is 0 Å². The van der Waals surface area contributed by atoms with Crippen LogP contribution in [0, 0.1) is 0 Å². The first-order valence-electron chi connectivity index (χ1n) is 9.39. The lowest BCUT2D eigenvalue weighted by Gasteiger charge is -2.23. The molecule has 1 saturated carbocycles. The molecule has 0 saturated heterocycles. The first kappa shape index (κ1) is 15.6. The van der Waals surface area contributed by atoms with Gasteiger partial charge in [-0.3, -0.25) is 4.90 Å². The molecule has 1 aliphatic heterocycles. The highest BCUT2D eigenvalue weighted by atomic mass is 15.3. The van der Waals surface area contributed by atoms with Crippen LogP contribution >= 0.6 is 0 Å². The van der Waals surface area contributed by atoms with Crippen LogP contribution in [0.5, 0.6) is 0 Å². The molecule has 5 rings (SSSR count). The topological polar surface area (TPSA) is 46.0 Å². The summed E-state index contributed by atoms with van der Waals surface area (Å²) in [5.41, 5.74) is 6.68. The van der Waals surface area contributed by atoms with Crippen LogP contribution in [0.25, 0.3) is 5.69 Å². The number of nitrogens with one attached hydrogen (secondary N) is 1. The van der Waals surface area contributed by atoms with Crippen molar-refractivity contribution in [3.8, 4) is 5.69 Å². The zero-order chi connectivity index (χ0) is 17.3. The highest BCUT2D eigenvalue weighted by Gasteiger charge is 2.30. The summed E-state index contributed by atoms with van der Waals surface area (Å²) in [4.78, 5) is 6.64. The first-order chi connectivity index (χ1) is 12.9. The smallest absolute Gasteiger partial charge is 0.138 e. The molecule has 1 N–H and O–H groups in total. The molecule has 2 aliphatic rings. The van der Waals surface area contributed by atoms with Gasteiger partial charge in [-0.2, -0.15) is 5.10 Å². The molecule has 1 fully saturated rings. The second kappa shape index (κ2) is 6.57. The Bertz CT molecular complexity index is 881. The Morgan fingerprint density at radius 3 is 2.73 bits per heavy atom. The van der Waals surface area contributed by atoms with E-state index in [0.717, 1.165) is 37.8 Å². The predicted octanol–water partition coefficient (Wildman–Crippen LogP) is 3.40. The lowest BCUT2D eigenvalue weighted by Crippen LogP contribution is -2.25. The Morgan fingerprint density at radius 2 is 1.96 bits per heavy atom. The second-order valence-electron chi connectivity index (χ2n) is 7.27. The van der Waals surface area contributed by atoms with Crippen molar-refractivity contribution in [1.82, 2.24) is 19.7 Å². The molecule has 2 heterocycles. The summed E-state index contributed by atoms with van der Waals surface area (Å²) >= 11 is 0. The molecule has 0 bridgehead atoms. The van der Waals surface area contributed by atoms with E-state index in [1.165, 1.54) is 35.2 Å².